The van der Waals surface area contributed by atoms with Gasteiger partial charge in [0, 0.05) is 25.1 Å². The number of carbonyl (C=O) groups excluding carboxylic acids is 1. The minimum absolute atomic E-state index is 0.0457. The van der Waals surface area contributed by atoms with Crippen molar-refractivity contribution in [2.45, 2.75) is 59.0 Å². The van der Waals surface area contributed by atoms with Crippen molar-refractivity contribution in [3.8, 4) is 11.8 Å². The van der Waals surface area contributed by atoms with E-state index in [1.807, 2.05) is 50.2 Å². The molecule has 0 spiro atoms. The average Bonchev–Trinajstić information content (AvgIpc) is 2.70. The molecular formula is C24H31NO2. The first-order chi connectivity index (χ1) is 13.1. The molecule has 0 saturated carbocycles. The van der Waals surface area contributed by atoms with Crippen molar-refractivity contribution in [3.05, 3.63) is 47.5 Å². The smallest absolute Gasteiger partial charge is 0.254 e. The second-order valence-electron chi connectivity index (χ2n) is 6.76. The molecule has 144 valence electrons. The van der Waals surface area contributed by atoms with Crippen molar-refractivity contribution in [1.29, 1.82) is 0 Å². The van der Waals surface area contributed by atoms with Crippen LogP contribution in [0.15, 0.2) is 36.4 Å². The van der Waals surface area contributed by atoms with Gasteiger partial charge in [-0.2, -0.15) is 0 Å². The van der Waals surface area contributed by atoms with Crippen molar-refractivity contribution in [2.75, 3.05) is 13.1 Å². The fourth-order valence-corrected chi connectivity index (χ4v) is 3.31. The lowest BCUT2D eigenvalue weighted by atomic mass is 9.94. The number of nitrogens with zero attached hydrogens (tertiary/aromatic N) is 1. The predicted octanol–water partition coefficient (Wildman–Crippen LogP) is 5.33. The number of hydrogen-bond acceptors (Lipinski definition) is 2. The van der Waals surface area contributed by atoms with Crippen LogP contribution in [0.5, 0.6) is 0 Å². The van der Waals surface area contributed by atoms with E-state index in [2.05, 4.69) is 18.8 Å². The Hall–Kier alpha value is -2.31. The van der Waals surface area contributed by atoms with Crippen molar-refractivity contribution < 1.29 is 9.90 Å². The van der Waals surface area contributed by atoms with Gasteiger partial charge in [-0.05, 0) is 31.0 Å². The molecule has 0 heterocycles. The third kappa shape index (κ3) is 5.34. The van der Waals surface area contributed by atoms with E-state index in [9.17, 15) is 9.90 Å². The summed E-state index contributed by atoms with van der Waals surface area (Å²) in [6.45, 7) is 7.40. The van der Waals surface area contributed by atoms with Gasteiger partial charge in [0.15, 0.2) is 0 Å². The fourth-order valence-electron chi connectivity index (χ4n) is 3.31. The Balaban J connectivity index is 2.36. The van der Waals surface area contributed by atoms with E-state index in [-0.39, 0.29) is 5.91 Å². The monoisotopic (exact) mass is 365 g/mol. The zero-order chi connectivity index (χ0) is 19.6. The van der Waals surface area contributed by atoms with Gasteiger partial charge < -0.3 is 10.0 Å². The lowest BCUT2D eigenvalue weighted by Crippen LogP contribution is -2.31. The van der Waals surface area contributed by atoms with Gasteiger partial charge in [0.05, 0.1) is 5.56 Å². The van der Waals surface area contributed by atoms with Crippen LogP contribution in [0.2, 0.25) is 0 Å². The summed E-state index contributed by atoms with van der Waals surface area (Å²) in [4.78, 5) is 14.9. The largest absolute Gasteiger partial charge is 0.376 e. The van der Waals surface area contributed by atoms with Crippen LogP contribution < -0.4 is 0 Å². The Morgan fingerprint density at radius 3 is 2.48 bits per heavy atom. The van der Waals surface area contributed by atoms with E-state index in [0.717, 1.165) is 23.6 Å². The molecule has 2 aromatic carbocycles. The van der Waals surface area contributed by atoms with E-state index in [1.165, 1.54) is 19.3 Å². The molecule has 2 aromatic rings. The minimum atomic E-state index is -0.949. The van der Waals surface area contributed by atoms with Gasteiger partial charge in [0.1, 0.15) is 6.10 Å². The summed E-state index contributed by atoms with van der Waals surface area (Å²) in [5, 5.41) is 12.6. The molecule has 0 aliphatic heterocycles. The van der Waals surface area contributed by atoms with Gasteiger partial charge in [-0.1, -0.05) is 68.5 Å². The van der Waals surface area contributed by atoms with Crippen molar-refractivity contribution in [3.63, 3.8) is 0 Å². The topological polar surface area (TPSA) is 40.5 Å². The molecule has 3 nitrogen and oxygen atoms in total. The van der Waals surface area contributed by atoms with Gasteiger partial charge in [0.2, 0.25) is 0 Å². The zero-order valence-corrected chi connectivity index (χ0v) is 16.8. The molecule has 0 radical (unpaired) electrons. The van der Waals surface area contributed by atoms with E-state index < -0.39 is 6.10 Å². The highest BCUT2D eigenvalue weighted by Gasteiger charge is 2.22. The molecule has 1 N–H and O–H groups in total. The van der Waals surface area contributed by atoms with E-state index in [1.54, 1.807) is 4.90 Å². The highest BCUT2D eigenvalue weighted by molar-refractivity contribution is 6.08. The number of aliphatic hydroxyl groups excluding tert-OH is 1. The SMILES string of the molecule is CCCCCCC#C[C@@H](O)c1ccc2ccccc2c1C(=O)N(CC)CC. The summed E-state index contributed by atoms with van der Waals surface area (Å²) in [5.74, 6) is 5.99. The average molecular weight is 366 g/mol. The maximum absolute atomic E-state index is 13.2. The summed E-state index contributed by atoms with van der Waals surface area (Å²) in [6.07, 6.45) is 4.47. The standard InChI is InChI=1S/C24H31NO2/c1-4-7-8-9-10-11-16-22(26)21-18-17-19-14-12-13-15-20(19)23(21)24(27)25(5-2)6-3/h12-15,17-18,22,26H,4-10H2,1-3H3/t22-/m1/s1. The molecule has 0 saturated heterocycles. The van der Waals surface area contributed by atoms with Crippen LogP contribution in [0.25, 0.3) is 10.8 Å². The number of unbranched alkanes of at least 4 members (excludes halogenated alkanes) is 4. The third-order valence-corrected chi connectivity index (χ3v) is 4.91. The lowest BCUT2D eigenvalue weighted by Gasteiger charge is -2.22. The molecule has 1 atom stereocenters. The maximum atomic E-state index is 13.2. The molecule has 3 heteroatoms. The highest BCUT2D eigenvalue weighted by Crippen LogP contribution is 2.28. The van der Waals surface area contributed by atoms with E-state index >= 15 is 0 Å². The molecule has 0 aliphatic carbocycles. The Morgan fingerprint density at radius 2 is 1.78 bits per heavy atom. The van der Waals surface area contributed by atoms with E-state index in [0.29, 0.717) is 24.2 Å². The second-order valence-corrected chi connectivity index (χ2v) is 6.76. The Bertz CT molecular complexity index is 812. The summed E-state index contributed by atoms with van der Waals surface area (Å²) >= 11 is 0. The fraction of sp³-hybridized carbons (Fsp3) is 0.458. The summed E-state index contributed by atoms with van der Waals surface area (Å²) in [7, 11) is 0. The van der Waals surface area contributed by atoms with Crippen molar-refractivity contribution in [2.24, 2.45) is 0 Å². The quantitative estimate of drug-likeness (QED) is 0.507. The molecule has 0 aromatic heterocycles. The van der Waals surface area contributed by atoms with Crippen LogP contribution in [0.4, 0.5) is 0 Å². The van der Waals surface area contributed by atoms with Crippen molar-refractivity contribution in [1.82, 2.24) is 4.90 Å². The molecule has 0 unspecified atom stereocenters. The number of aliphatic hydroxyl groups is 1. The molecule has 1 amide bonds. The number of rotatable bonds is 8. The number of benzene rings is 2. The number of carbonyl (C=O) groups is 1. The molecule has 27 heavy (non-hydrogen) atoms. The molecule has 0 aliphatic rings. The van der Waals surface area contributed by atoms with Crippen LogP contribution in [0.3, 0.4) is 0 Å². The first kappa shape index (κ1) is 21.0. The highest BCUT2D eigenvalue weighted by atomic mass is 16.3. The van der Waals surface area contributed by atoms with Crippen LogP contribution in [0, 0.1) is 11.8 Å². The van der Waals surface area contributed by atoms with E-state index in [4.69, 9.17) is 0 Å². The molecule has 0 fully saturated rings. The molecule has 2 rings (SSSR count). The van der Waals surface area contributed by atoms with Crippen LogP contribution in [-0.2, 0) is 0 Å². The Morgan fingerprint density at radius 1 is 1.04 bits per heavy atom. The van der Waals surface area contributed by atoms with Gasteiger partial charge in [-0.3, -0.25) is 4.79 Å². The van der Waals surface area contributed by atoms with Crippen molar-refractivity contribution >= 4 is 16.7 Å². The summed E-state index contributed by atoms with van der Waals surface area (Å²) < 4.78 is 0. The Kier molecular flexibility index (Phi) is 8.36. The number of fused-ring (bicyclic) bond motifs is 1. The van der Waals surface area contributed by atoms with Crippen LogP contribution >= 0.6 is 0 Å². The van der Waals surface area contributed by atoms with Gasteiger partial charge in [-0.25, -0.2) is 0 Å². The first-order valence-electron chi connectivity index (χ1n) is 10.1. The Labute approximate surface area is 163 Å². The number of amides is 1. The lowest BCUT2D eigenvalue weighted by molar-refractivity contribution is 0.0770. The molecular weight excluding hydrogens is 334 g/mol. The maximum Gasteiger partial charge on any atom is 0.254 e. The third-order valence-electron chi connectivity index (χ3n) is 4.91. The van der Waals surface area contributed by atoms with Gasteiger partial charge >= 0.3 is 0 Å². The predicted molar refractivity (Wildman–Crippen MR) is 113 cm³/mol. The van der Waals surface area contributed by atoms with Gasteiger partial charge in [-0.15, -0.1) is 5.92 Å². The normalized spacial score (nSPS) is 11.7. The first-order valence-corrected chi connectivity index (χ1v) is 10.1. The second kappa shape index (κ2) is 10.7. The zero-order valence-electron chi connectivity index (χ0n) is 16.8. The summed E-state index contributed by atoms with van der Waals surface area (Å²) in [5.41, 5.74) is 1.18. The summed E-state index contributed by atoms with van der Waals surface area (Å²) in [6, 6.07) is 11.6. The number of hydrogen-bond donors (Lipinski definition) is 1. The molecule has 0 bridgehead atoms. The minimum Gasteiger partial charge on any atom is -0.376 e. The van der Waals surface area contributed by atoms with Gasteiger partial charge in [0.25, 0.3) is 5.91 Å². The van der Waals surface area contributed by atoms with Crippen LogP contribution in [-0.4, -0.2) is 29.0 Å². The van der Waals surface area contributed by atoms with Crippen LogP contribution in [0.1, 0.15) is 74.9 Å².